The smallest absolute Gasteiger partial charge is 0.146 e. The van der Waals surface area contributed by atoms with Crippen LogP contribution in [0.25, 0.3) is 0 Å². The van der Waals surface area contributed by atoms with E-state index in [2.05, 4.69) is 5.32 Å². The van der Waals surface area contributed by atoms with E-state index in [1.165, 1.54) is 0 Å². The van der Waals surface area contributed by atoms with Crippen LogP contribution in [0.1, 0.15) is 31.9 Å². The van der Waals surface area contributed by atoms with Gasteiger partial charge in [-0.2, -0.15) is 0 Å². The van der Waals surface area contributed by atoms with Crippen molar-refractivity contribution in [3.8, 4) is 0 Å². The van der Waals surface area contributed by atoms with Gasteiger partial charge in [-0.3, -0.25) is 0 Å². The molecule has 1 aromatic carbocycles. The zero-order chi connectivity index (χ0) is 14.0. The van der Waals surface area contributed by atoms with Crippen LogP contribution in [0.5, 0.6) is 0 Å². The van der Waals surface area contributed by atoms with Crippen LogP contribution in [-0.2, 0) is 0 Å². The molecule has 3 atom stereocenters. The molecule has 1 heterocycles. The number of halogens is 1. The fraction of sp³-hybridized carbons (Fsp3) is 0.600. The fourth-order valence-corrected chi connectivity index (χ4v) is 2.57. The van der Waals surface area contributed by atoms with Gasteiger partial charge in [-0.25, -0.2) is 4.39 Å². The lowest BCUT2D eigenvalue weighted by Gasteiger charge is -2.36. The van der Waals surface area contributed by atoms with Crippen LogP contribution in [0.3, 0.4) is 0 Å². The molecule has 0 spiro atoms. The Labute approximate surface area is 114 Å². The van der Waals surface area contributed by atoms with E-state index in [1.54, 1.807) is 6.07 Å². The third-order valence-electron chi connectivity index (χ3n) is 4.11. The molecule has 4 heteroatoms. The minimum Gasteiger partial charge on any atom is -0.393 e. The van der Waals surface area contributed by atoms with Crippen molar-refractivity contribution in [3.05, 3.63) is 29.6 Å². The standard InChI is InChI=1S/C15H23FN2O/c1-10-9-18(7-6-15(10)19)14-5-4-12(8-13(14)16)11(2)17-3/h4-5,8,10-11,15,17,19H,6-7,9H2,1-3H3. The number of nitrogens with one attached hydrogen (secondary N) is 1. The average Bonchev–Trinajstić information content (AvgIpc) is 2.41. The zero-order valence-electron chi connectivity index (χ0n) is 11.9. The van der Waals surface area contributed by atoms with Gasteiger partial charge in [-0.1, -0.05) is 13.0 Å². The molecular formula is C15H23FN2O. The van der Waals surface area contributed by atoms with Crippen molar-refractivity contribution in [1.29, 1.82) is 0 Å². The van der Waals surface area contributed by atoms with Gasteiger partial charge in [0.25, 0.3) is 0 Å². The molecule has 1 aromatic rings. The highest BCUT2D eigenvalue weighted by molar-refractivity contribution is 5.50. The first-order valence-corrected chi connectivity index (χ1v) is 6.92. The summed E-state index contributed by atoms with van der Waals surface area (Å²) < 4.78 is 14.2. The summed E-state index contributed by atoms with van der Waals surface area (Å²) in [6, 6.07) is 5.57. The minimum atomic E-state index is -0.261. The lowest BCUT2D eigenvalue weighted by Crippen LogP contribution is -2.42. The van der Waals surface area contributed by atoms with Crippen molar-refractivity contribution < 1.29 is 9.50 Å². The summed E-state index contributed by atoms with van der Waals surface area (Å²) >= 11 is 0. The second-order valence-electron chi connectivity index (χ2n) is 5.50. The van der Waals surface area contributed by atoms with Crippen molar-refractivity contribution in [1.82, 2.24) is 5.32 Å². The summed E-state index contributed by atoms with van der Waals surface area (Å²) in [5, 5.41) is 12.8. The van der Waals surface area contributed by atoms with Gasteiger partial charge in [0.1, 0.15) is 5.82 Å². The van der Waals surface area contributed by atoms with Crippen LogP contribution in [0.2, 0.25) is 0 Å². The van der Waals surface area contributed by atoms with Gasteiger partial charge in [0, 0.05) is 19.1 Å². The molecule has 0 aromatic heterocycles. The third-order valence-corrected chi connectivity index (χ3v) is 4.11. The van der Waals surface area contributed by atoms with Gasteiger partial charge in [-0.05, 0) is 44.0 Å². The van der Waals surface area contributed by atoms with Crippen LogP contribution in [0.15, 0.2) is 18.2 Å². The molecule has 2 rings (SSSR count). The molecule has 0 radical (unpaired) electrons. The molecule has 2 N–H and O–H groups in total. The fourth-order valence-electron chi connectivity index (χ4n) is 2.57. The molecule has 19 heavy (non-hydrogen) atoms. The zero-order valence-corrected chi connectivity index (χ0v) is 11.9. The molecule has 3 unspecified atom stereocenters. The lowest BCUT2D eigenvalue weighted by atomic mass is 9.96. The van der Waals surface area contributed by atoms with Gasteiger partial charge >= 0.3 is 0 Å². The summed E-state index contributed by atoms with van der Waals surface area (Å²) in [6.45, 7) is 5.43. The highest BCUT2D eigenvalue weighted by Crippen LogP contribution is 2.27. The summed E-state index contributed by atoms with van der Waals surface area (Å²) in [4.78, 5) is 2.03. The SMILES string of the molecule is CNC(C)c1ccc(N2CCC(O)C(C)C2)c(F)c1. The number of nitrogens with zero attached hydrogens (tertiary/aromatic N) is 1. The monoisotopic (exact) mass is 266 g/mol. The van der Waals surface area contributed by atoms with Crippen LogP contribution >= 0.6 is 0 Å². The largest absolute Gasteiger partial charge is 0.393 e. The number of hydrogen-bond donors (Lipinski definition) is 2. The van der Waals surface area contributed by atoms with Gasteiger partial charge in [0.2, 0.25) is 0 Å². The number of anilines is 1. The van der Waals surface area contributed by atoms with Gasteiger partial charge < -0.3 is 15.3 Å². The molecular weight excluding hydrogens is 243 g/mol. The van der Waals surface area contributed by atoms with Crippen molar-refractivity contribution in [2.45, 2.75) is 32.4 Å². The molecule has 0 saturated carbocycles. The van der Waals surface area contributed by atoms with Crippen LogP contribution < -0.4 is 10.2 Å². The quantitative estimate of drug-likeness (QED) is 0.881. The first-order valence-electron chi connectivity index (χ1n) is 6.92. The van der Waals surface area contributed by atoms with E-state index in [-0.39, 0.29) is 23.9 Å². The molecule has 0 aliphatic carbocycles. The molecule has 1 fully saturated rings. The van der Waals surface area contributed by atoms with Crippen molar-refractivity contribution in [2.24, 2.45) is 5.92 Å². The summed E-state index contributed by atoms with van der Waals surface area (Å²) in [7, 11) is 1.87. The first-order chi connectivity index (χ1) is 9.02. The minimum absolute atomic E-state index is 0.144. The Morgan fingerprint density at radius 3 is 2.79 bits per heavy atom. The molecule has 0 amide bonds. The average molecular weight is 266 g/mol. The van der Waals surface area contributed by atoms with E-state index in [4.69, 9.17) is 0 Å². The van der Waals surface area contributed by atoms with E-state index in [1.807, 2.05) is 37.9 Å². The maximum absolute atomic E-state index is 14.2. The first kappa shape index (κ1) is 14.3. The number of benzene rings is 1. The number of piperidine rings is 1. The Kier molecular flexibility index (Phi) is 4.42. The number of aliphatic hydroxyl groups excluding tert-OH is 1. The van der Waals surface area contributed by atoms with Crippen LogP contribution in [0.4, 0.5) is 10.1 Å². The third kappa shape index (κ3) is 3.07. The Hall–Kier alpha value is -1.13. The predicted octanol–water partition coefficient (Wildman–Crippen LogP) is 2.31. The Morgan fingerprint density at radius 1 is 1.47 bits per heavy atom. The topological polar surface area (TPSA) is 35.5 Å². The van der Waals surface area contributed by atoms with E-state index in [0.29, 0.717) is 25.2 Å². The van der Waals surface area contributed by atoms with Gasteiger partial charge in [0.15, 0.2) is 0 Å². The Balaban J connectivity index is 2.17. The predicted molar refractivity (Wildman–Crippen MR) is 75.9 cm³/mol. The van der Waals surface area contributed by atoms with E-state index >= 15 is 0 Å². The molecule has 0 bridgehead atoms. The van der Waals surface area contributed by atoms with E-state index in [0.717, 1.165) is 5.56 Å². The summed E-state index contributed by atoms with van der Waals surface area (Å²) in [5.41, 5.74) is 1.60. The molecule has 3 nitrogen and oxygen atoms in total. The number of rotatable bonds is 3. The second kappa shape index (κ2) is 5.88. The normalized spacial score (nSPS) is 25.4. The maximum atomic E-state index is 14.2. The molecule has 106 valence electrons. The van der Waals surface area contributed by atoms with E-state index < -0.39 is 0 Å². The van der Waals surface area contributed by atoms with Crippen molar-refractivity contribution in [2.75, 3.05) is 25.0 Å². The lowest BCUT2D eigenvalue weighted by molar-refractivity contribution is 0.0969. The number of hydrogen-bond acceptors (Lipinski definition) is 3. The Morgan fingerprint density at radius 2 is 2.21 bits per heavy atom. The number of aliphatic hydroxyl groups is 1. The molecule has 1 saturated heterocycles. The van der Waals surface area contributed by atoms with E-state index in [9.17, 15) is 9.50 Å². The van der Waals surface area contributed by atoms with Gasteiger partial charge in [0.05, 0.1) is 11.8 Å². The second-order valence-corrected chi connectivity index (χ2v) is 5.50. The van der Waals surface area contributed by atoms with Crippen LogP contribution in [0, 0.1) is 11.7 Å². The highest BCUT2D eigenvalue weighted by Gasteiger charge is 2.25. The van der Waals surface area contributed by atoms with Crippen molar-refractivity contribution in [3.63, 3.8) is 0 Å². The van der Waals surface area contributed by atoms with Crippen molar-refractivity contribution >= 4 is 5.69 Å². The highest BCUT2D eigenvalue weighted by atomic mass is 19.1. The molecule has 1 aliphatic rings. The Bertz CT molecular complexity index is 438. The van der Waals surface area contributed by atoms with Crippen LogP contribution in [-0.4, -0.2) is 31.3 Å². The maximum Gasteiger partial charge on any atom is 0.146 e. The summed E-state index contributed by atoms with van der Waals surface area (Å²) in [6.07, 6.45) is 0.442. The summed E-state index contributed by atoms with van der Waals surface area (Å²) in [5.74, 6) is 0.00671. The van der Waals surface area contributed by atoms with Gasteiger partial charge in [-0.15, -0.1) is 0 Å². The molecule has 1 aliphatic heterocycles.